The van der Waals surface area contributed by atoms with Gasteiger partial charge in [0.2, 0.25) is 5.91 Å². The van der Waals surface area contributed by atoms with Crippen LogP contribution in [0.4, 0.5) is 5.69 Å². The van der Waals surface area contributed by atoms with E-state index in [2.05, 4.69) is 21.9 Å². The van der Waals surface area contributed by atoms with Crippen LogP contribution >= 0.6 is 0 Å². The van der Waals surface area contributed by atoms with Gasteiger partial charge in [-0.3, -0.25) is 14.6 Å². The third-order valence-corrected chi connectivity index (χ3v) is 4.46. The van der Waals surface area contributed by atoms with E-state index >= 15 is 0 Å². The lowest BCUT2D eigenvalue weighted by atomic mass is 10.2. The molecule has 0 radical (unpaired) electrons. The molecule has 0 aromatic heterocycles. The Hall–Kier alpha value is -1.43. The van der Waals surface area contributed by atoms with E-state index in [0.717, 1.165) is 51.4 Å². The average molecular weight is 288 g/mol. The number of carbonyl (C=O) groups excluding carboxylic acids is 1. The zero-order valence-corrected chi connectivity index (χ0v) is 12.5. The molecule has 5 heteroatoms. The van der Waals surface area contributed by atoms with Gasteiger partial charge in [-0.05, 0) is 18.1 Å². The Morgan fingerprint density at radius 1 is 1.05 bits per heavy atom. The monoisotopic (exact) mass is 288 g/mol. The number of hydrogen-bond acceptors (Lipinski definition) is 4. The van der Waals surface area contributed by atoms with Crippen molar-refractivity contribution in [1.82, 2.24) is 9.80 Å². The van der Waals surface area contributed by atoms with Gasteiger partial charge in [0, 0.05) is 51.5 Å². The molecule has 1 fully saturated rings. The molecule has 1 aromatic rings. The highest BCUT2D eigenvalue weighted by Gasteiger charge is 2.26. The van der Waals surface area contributed by atoms with E-state index in [1.807, 2.05) is 17.0 Å². The standard InChI is InChI=1S/C16H24N4O/c17-6-8-18-9-11-19(12-10-18)13-16(21)20-7-5-14-3-1-2-4-15(14)20/h1-4H,5-13,17H2. The second-order valence-electron chi connectivity index (χ2n) is 5.83. The van der Waals surface area contributed by atoms with Crippen molar-refractivity contribution in [2.45, 2.75) is 6.42 Å². The molecule has 1 saturated heterocycles. The summed E-state index contributed by atoms with van der Waals surface area (Å²) in [5.74, 6) is 0.229. The number of anilines is 1. The fraction of sp³-hybridized carbons (Fsp3) is 0.562. The van der Waals surface area contributed by atoms with Crippen molar-refractivity contribution in [3.63, 3.8) is 0 Å². The second kappa shape index (κ2) is 6.56. The lowest BCUT2D eigenvalue weighted by Gasteiger charge is -2.34. The zero-order valence-electron chi connectivity index (χ0n) is 12.5. The van der Waals surface area contributed by atoms with Crippen LogP contribution in [0, 0.1) is 0 Å². The highest BCUT2D eigenvalue weighted by atomic mass is 16.2. The van der Waals surface area contributed by atoms with Gasteiger partial charge in [-0.1, -0.05) is 18.2 Å². The van der Waals surface area contributed by atoms with E-state index in [1.54, 1.807) is 0 Å². The first-order valence-corrected chi connectivity index (χ1v) is 7.81. The minimum Gasteiger partial charge on any atom is -0.329 e. The van der Waals surface area contributed by atoms with Crippen molar-refractivity contribution in [3.05, 3.63) is 29.8 Å². The molecule has 1 aromatic carbocycles. The molecule has 0 saturated carbocycles. The van der Waals surface area contributed by atoms with Crippen LogP contribution in [-0.2, 0) is 11.2 Å². The zero-order chi connectivity index (χ0) is 14.7. The molecule has 2 N–H and O–H groups in total. The van der Waals surface area contributed by atoms with Gasteiger partial charge in [0.05, 0.1) is 6.54 Å². The van der Waals surface area contributed by atoms with E-state index in [-0.39, 0.29) is 5.91 Å². The molecule has 21 heavy (non-hydrogen) atoms. The van der Waals surface area contributed by atoms with Gasteiger partial charge in [0.15, 0.2) is 0 Å². The predicted molar refractivity (Wildman–Crippen MR) is 84.4 cm³/mol. The number of hydrogen-bond donors (Lipinski definition) is 1. The van der Waals surface area contributed by atoms with E-state index in [9.17, 15) is 4.79 Å². The topological polar surface area (TPSA) is 52.8 Å². The summed E-state index contributed by atoms with van der Waals surface area (Å²) in [5.41, 5.74) is 7.98. The number of carbonyl (C=O) groups is 1. The Morgan fingerprint density at radius 2 is 1.76 bits per heavy atom. The van der Waals surface area contributed by atoms with Crippen LogP contribution in [0.25, 0.3) is 0 Å². The minimum atomic E-state index is 0.229. The molecule has 2 aliphatic rings. The first-order valence-electron chi connectivity index (χ1n) is 7.81. The maximum Gasteiger partial charge on any atom is 0.241 e. The number of fused-ring (bicyclic) bond motifs is 1. The average Bonchev–Trinajstić information content (AvgIpc) is 2.93. The van der Waals surface area contributed by atoms with Crippen LogP contribution in [0.1, 0.15) is 5.56 Å². The summed E-state index contributed by atoms with van der Waals surface area (Å²) in [5, 5.41) is 0. The number of para-hydroxylation sites is 1. The Labute approximate surface area is 126 Å². The van der Waals surface area contributed by atoms with E-state index in [1.165, 1.54) is 5.56 Å². The summed E-state index contributed by atoms with van der Waals surface area (Å²) in [6, 6.07) is 8.23. The Kier molecular flexibility index (Phi) is 4.53. The van der Waals surface area contributed by atoms with Crippen molar-refractivity contribution in [1.29, 1.82) is 0 Å². The number of benzene rings is 1. The maximum atomic E-state index is 12.5. The Balaban J connectivity index is 1.54. The van der Waals surface area contributed by atoms with E-state index < -0.39 is 0 Å². The van der Waals surface area contributed by atoms with Crippen molar-refractivity contribution >= 4 is 11.6 Å². The molecule has 0 spiro atoms. The van der Waals surface area contributed by atoms with E-state index in [0.29, 0.717) is 13.1 Å². The fourth-order valence-corrected chi connectivity index (χ4v) is 3.23. The largest absolute Gasteiger partial charge is 0.329 e. The molecule has 1 amide bonds. The Morgan fingerprint density at radius 3 is 2.52 bits per heavy atom. The minimum absolute atomic E-state index is 0.229. The summed E-state index contributed by atoms with van der Waals surface area (Å²) in [7, 11) is 0. The maximum absolute atomic E-state index is 12.5. The number of amides is 1. The molecule has 3 rings (SSSR count). The van der Waals surface area contributed by atoms with Crippen LogP contribution < -0.4 is 10.6 Å². The normalized spacial score (nSPS) is 19.8. The molecule has 2 heterocycles. The van der Waals surface area contributed by atoms with Gasteiger partial charge in [0.25, 0.3) is 0 Å². The van der Waals surface area contributed by atoms with Crippen molar-refractivity contribution in [2.24, 2.45) is 5.73 Å². The fourth-order valence-electron chi connectivity index (χ4n) is 3.23. The highest BCUT2D eigenvalue weighted by molar-refractivity contribution is 5.96. The predicted octanol–water partition coefficient (Wildman–Crippen LogP) is 0.152. The molecular weight excluding hydrogens is 264 g/mol. The molecule has 114 valence electrons. The van der Waals surface area contributed by atoms with Gasteiger partial charge in [0.1, 0.15) is 0 Å². The lowest BCUT2D eigenvalue weighted by molar-refractivity contribution is -0.120. The summed E-state index contributed by atoms with van der Waals surface area (Å²) in [6.45, 7) is 6.98. The molecular formula is C16H24N4O. The van der Waals surface area contributed by atoms with E-state index in [4.69, 9.17) is 5.73 Å². The number of rotatable bonds is 4. The Bertz CT molecular complexity index is 497. The molecule has 0 unspecified atom stereocenters. The first kappa shape index (κ1) is 14.5. The highest BCUT2D eigenvalue weighted by Crippen LogP contribution is 2.27. The summed E-state index contributed by atoms with van der Waals surface area (Å²) in [6.07, 6.45) is 0.978. The van der Waals surface area contributed by atoms with Crippen LogP contribution in [0.3, 0.4) is 0 Å². The second-order valence-corrected chi connectivity index (χ2v) is 5.83. The molecule has 5 nitrogen and oxygen atoms in total. The van der Waals surface area contributed by atoms with Crippen LogP contribution in [0.5, 0.6) is 0 Å². The van der Waals surface area contributed by atoms with Crippen LogP contribution in [0.15, 0.2) is 24.3 Å². The summed E-state index contributed by atoms with van der Waals surface area (Å²) < 4.78 is 0. The third-order valence-electron chi connectivity index (χ3n) is 4.46. The van der Waals surface area contributed by atoms with Gasteiger partial charge in [-0.2, -0.15) is 0 Å². The smallest absolute Gasteiger partial charge is 0.241 e. The molecule has 2 aliphatic heterocycles. The quantitative estimate of drug-likeness (QED) is 0.857. The van der Waals surface area contributed by atoms with Gasteiger partial charge in [-0.15, -0.1) is 0 Å². The van der Waals surface area contributed by atoms with Gasteiger partial charge >= 0.3 is 0 Å². The summed E-state index contributed by atoms with van der Waals surface area (Å²) >= 11 is 0. The number of nitrogens with two attached hydrogens (primary N) is 1. The number of piperazine rings is 1. The van der Waals surface area contributed by atoms with Crippen molar-refractivity contribution in [3.8, 4) is 0 Å². The van der Waals surface area contributed by atoms with Crippen LogP contribution in [0.2, 0.25) is 0 Å². The lowest BCUT2D eigenvalue weighted by Crippen LogP contribution is -2.50. The summed E-state index contributed by atoms with van der Waals surface area (Å²) in [4.78, 5) is 19.1. The van der Waals surface area contributed by atoms with Gasteiger partial charge in [-0.25, -0.2) is 0 Å². The van der Waals surface area contributed by atoms with Crippen molar-refractivity contribution < 1.29 is 4.79 Å². The molecule has 0 bridgehead atoms. The van der Waals surface area contributed by atoms with Gasteiger partial charge < -0.3 is 10.6 Å². The first-order chi connectivity index (χ1) is 10.3. The molecule has 0 atom stereocenters. The third kappa shape index (κ3) is 3.26. The molecule has 0 aliphatic carbocycles. The van der Waals surface area contributed by atoms with Crippen molar-refractivity contribution in [2.75, 3.05) is 57.3 Å². The number of nitrogens with zero attached hydrogens (tertiary/aromatic N) is 3. The van der Waals surface area contributed by atoms with Crippen LogP contribution in [-0.4, -0.2) is 68.1 Å². The SMILES string of the molecule is NCCN1CCN(CC(=O)N2CCc3ccccc32)CC1.